The normalized spacial score (nSPS) is 18.1. The van der Waals surface area contributed by atoms with E-state index in [9.17, 15) is 78.8 Å². The van der Waals surface area contributed by atoms with E-state index in [1.807, 2.05) is 0 Å². The highest BCUT2D eigenvalue weighted by Crippen LogP contribution is 2.61. The van der Waals surface area contributed by atoms with Crippen LogP contribution in [0.3, 0.4) is 0 Å². The van der Waals surface area contributed by atoms with E-state index in [0.717, 1.165) is 19.3 Å². The molecule has 0 heterocycles. The van der Waals surface area contributed by atoms with Crippen molar-refractivity contribution in [2.24, 2.45) is 28.6 Å². The third-order valence-corrected chi connectivity index (χ3v) is 26.9. The van der Waals surface area contributed by atoms with Crippen molar-refractivity contribution in [1.82, 2.24) is 0 Å². The maximum atomic E-state index is 13.0. The van der Waals surface area contributed by atoms with Crippen LogP contribution in [0.25, 0.3) is 0 Å². The van der Waals surface area contributed by atoms with Gasteiger partial charge in [-0.25, -0.2) is 0 Å². The van der Waals surface area contributed by atoms with Crippen molar-refractivity contribution in [3.05, 3.63) is 271 Å². The fourth-order valence-electron chi connectivity index (χ4n) is 13.4. The van der Waals surface area contributed by atoms with E-state index in [4.69, 9.17) is 5.11 Å². The lowest BCUT2D eigenvalue weighted by atomic mass is 9.49. The number of alkyl halides is 9. The Bertz CT molecular complexity index is 4200. The van der Waals surface area contributed by atoms with E-state index in [2.05, 4.69) is 327 Å². The number of aliphatic carboxylic acids is 3. The number of carbonyl (C=O) groups is 5. The number of benzene rings is 9. The molecule has 3 unspecified atom stereocenters. The lowest BCUT2D eigenvalue weighted by Crippen LogP contribution is -2.61. The molecule has 626 valence electrons. The molecule has 117 heavy (non-hydrogen) atoms. The molecule has 1 N–H and O–H groups in total. The van der Waals surface area contributed by atoms with Crippen LogP contribution in [0.5, 0.6) is 0 Å². The number of hydrogen-bond donors (Lipinski definition) is 1. The molecule has 0 amide bonds. The molecular weight excluding hydrogens is 1570 g/mol. The zero-order chi connectivity index (χ0) is 87.1. The van der Waals surface area contributed by atoms with E-state index in [-0.39, 0.29) is 62.8 Å². The summed E-state index contributed by atoms with van der Waals surface area (Å²) >= 11 is 0. The summed E-state index contributed by atoms with van der Waals surface area (Å²) in [6, 6.07) is 92.2. The molecule has 23 heteroatoms. The number of carboxylic acids is 3. The minimum Gasteiger partial charge on any atom is -0.547 e. The van der Waals surface area contributed by atoms with Crippen LogP contribution in [0.2, 0.25) is 0 Å². The molecular formula is C94H103F9O11S3. The zero-order valence-corrected chi connectivity index (χ0v) is 70.8. The summed E-state index contributed by atoms with van der Waals surface area (Å²) in [5.41, 5.74) is -8.43. The fourth-order valence-corrected chi connectivity index (χ4v) is 19.6. The highest BCUT2D eigenvalue weighted by atomic mass is 32.2. The molecule has 0 aliphatic heterocycles. The number of ether oxygens (including phenoxy) is 2. The van der Waals surface area contributed by atoms with Crippen LogP contribution in [0.1, 0.15) is 159 Å². The summed E-state index contributed by atoms with van der Waals surface area (Å²) < 4.78 is 119. The Hall–Kier alpha value is -9.29. The smallest absolute Gasteiger partial charge is 0.433 e. The minimum atomic E-state index is -5.23. The predicted molar refractivity (Wildman–Crippen MR) is 433 cm³/mol. The molecule has 9 aromatic carbocycles. The number of carbonyl (C=O) groups excluding carboxylic acids is 5. The predicted octanol–water partition coefficient (Wildman–Crippen LogP) is 19.8. The van der Waals surface area contributed by atoms with E-state index >= 15 is 0 Å². The SMILES string of the molecule is CC(C)(C)C(=O)OC(C)(C(=O)[O-])C(F)(F)F.CC(C)(C)c1ccc([S+](c2ccccc2)c2ccccc2)cc1.CC(C)(C)c1ccc([S+](c2ccccc2)c2ccccc2)cc1.CC(C)(C)c1ccc([S+](c2ccccc2)c2ccccc2)cc1.CC(O)(C(=O)[O-])C(F)(F)F.CC(OC(=O)C12CC3CC(CC(C3)C1)C2)(C(=O)[O-])C(F)(F)F. The first-order chi connectivity index (χ1) is 54.2. The molecule has 0 radical (unpaired) electrons. The molecule has 0 spiro atoms. The van der Waals surface area contributed by atoms with Crippen molar-refractivity contribution in [3.63, 3.8) is 0 Å². The Morgan fingerprint density at radius 1 is 0.316 bits per heavy atom. The van der Waals surface area contributed by atoms with Crippen molar-refractivity contribution < 1.29 is 93.4 Å². The number of esters is 2. The van der Waals surface area contributed by atoms with Crippen molar-refractivity contribution >= 4 is 62.5 Å². The molecule has 4 fully saturated rings. The summed E-state index contributed by atoms with van der Waals surface area (Å²) in [6.45, 7) is 25.0. The topological polar surface area (TPSA) is 193 Å². The highest BCUT2D eigenvalue weighted by Gasteiger charge is 2.62. The average molecular weight is 1680 g/mol. The molecule has 11 nitrogen and oxygen atoms in total. The molecule has 4 bridgehead atoms. The Balaban J connectivity index is 0.000000197. The summed E-state index contributed by atoms with van der Waals surface area (Å²) in [4.78, 5) is 66.9. The van der Waals surface area contributed by atoms with Crippen LogP contribution in [-0.4, -0.2) is 70.3 Å². The van der Waals surface area contributed by atoms with Crippen LogP contribution in [-0.2, 0) is 82.4 Å². The first-order valence-corrected chi connectivity index (χ1v) is 41.8. The summed E-state index contributed by atoms with van der Waals surface area (Å²) in [7, 11) is -0.149. The van der Waals surface area contributed by atoms with E-state index in [1.54, 1.807) is 0 Å². The van der Waals surface area contributed by atoms with Gasteiger partial charge in [-0.05, 0) is 240 Å². The Kier molecular flexibility index (Phi) is 31.3. The van der Waals surface area contributed by atoms with Gasteiger partial charge in [0.1, 0.15) is 0 Å². The first-order valence-electron chi connectivity index (χ1n) is 38.1. The number of halogens is 9. The second kappa shape index (κ2) is 38.6. The molecule has 3 atom stereocenters. The van der Waals surface area contributed by atoms with Gasteiger partial charge in [0.25, 0.3) is 0 Å². The number of hydrogen-bond acceptors (Lipinski definition) is 11. The van der Waals surface area contributed by atoms with Gasteiger partial charge in [-0.2, -0.15) is 39.5 Å². The quantitative estimate of drug-likeness (QED) is 0.0583. The summed E-state index contributed by atoms with van der Waals surface area (Å²) in [6.07, 6.45) is -11.0. The largest absolute Gasteiger partial charge is 0.547 e. The van der Waals surface area contributed by atoms with E-state index in [1.165, 1.54) is 81.5 Å². The third kappa shape index (κ3) is 24.9. The molecule has 4 saturated carbocycles. The van der Waals surface area contributed by atoms with Crippen LogP contribution < -0.4 is 15.3 Å². The third-order valence-electron chi connectivity index (χ3n) is 20.2. The van der Waals surface area contributed by atoms with E-state index < -0.39 is 76.0 Å². The van der Waals surface area contributed by atoms with Gasteiger partial charge < -0.3 is 44.3 Å². The van der Waals surface area contributed by atoms with Crippen LogP contribution in [0, 0.1) is 28.6 Å². The minimum absolute atomic E-state index is 0.0497. The highest BCUT2D eigenvalue weighted by molar-refractivity contribution is 7.97. The average Bonchev–Trinajstić information content (AvgIpc) is 0.732. The summed E-state index contributed by atoms with van der Waals surface area (Å²) in [5, 5.41) is 39.1. The van der Waals surface area contributed by atoms with Gasteiger partial charge >= 0.3 is 30.5 Å². The van der Waals surface area contributed by atoms with Crippen LogP contribution in [0.15, 0.2) is 299 Å². The van der Waals surface area contributed by atoms with Crippen LogP contribution >= 0.6 is 0 Å². The van der Waals surface area contributed by atoms with Gasteiger partial charge in [0.15, 0.2) is 49.7 Å². The zero-order valence-electron chi connectivity index (χ0n) is 68.4. The van der Waals surface area contributed by atoms with Crippen LogP contribution in [0.4, 0.5) is 39.5 Å². The monoisotopic (exact) mass is 1670 g/mol. The molecule has 0 aromatic heterocycles. The maximum Gasteiger partial charge on any atom is 0.433 e. The Morgan fingerprint density at radius 3 is 0.684 bits per heavy atom. The first kappa shape index (κ1) is 94.9. The van der Waals surface area contributed by atoms with Gasteiger partial charge in [0.2, 0.25) is 11.2 Å². The molecule has 4 aliphatic rings. The Morgan fingerprint density at radius 2 is 0.521 bits per heavy atom. The van der Waals surface area contributed by atoms with Crippen molar-refractivity contribution in [1.29, 1.82) is 0 Å². The summed E-state index contributed by atoms with van der Waals surface area (Å²) in [5.74, 6) is -8.74. The van der Waals surface area contributed by atoms with Crippen molar-refractivity contribution in [2.45, 2.75) is 238 Å². The standard InChI is InChI=1S/3C22H23S.C15H19F3O4.C9H13F3O4.C4H5F3O3/c3*1-22(2,3)18-14-16-21(17-15-18)23(19-10-6-4-7-11-19)20-12-8-5-9-13-20;1-13(11(19)20,15(16,17)18)22-12(21)14-5-8-2-9(6-14)4-10(3-8)7-14;1-7(2,3)6(15)16-8(4,5(13)14)9(10,11)12;1-3(10,2(8)9)4(5,6)7/h3*4-17H,1-3H3;8-10H,2-7H2,1H3,(H,19,20);1-4H3,(H,13,14);10H,1H3,(H,8,9)/q3*+1;;;/p-3. The second-order valence-corrected chi connectivity index (χ2v) is 39.9. The molecule has 13 rings (SSSR count). The lowest BCUT2D eigenvalue weighted by molar-refractivity contribution is -0.354. The van der Waals surface area contributed by atoms with Gasteiger partial charge in [-0.1, -0.05) is 208 Å². The Labute approximate surface area is 689 Å². The molecule has 0 saturated heterocycles. The lowest BCUT2D eigenvalue weighted by Gasteiger charge is -2.55. The molecule has 9 aromatic rings. The fraction of sp³-hybridized carbons (Fsp3) is 0.372. The van der Waals surface area contributed by atoms with Gasteiger partial charge in [-0.3, -0.25) is 9.59 Å². The number of rotatable bonds is 15. The number of aliphatic hydroxyl groups is 1. The van der Waals surface area contributed by atoms with Crippen molar-refractivity contribution in [2.75, 3.05) is 0 Å². The second-order valence-electron chi connectivity index (χ2n) is 33.8. The van der Waals surface area contributed by atoms with E-state index in [0.29, 0.717) is 43.9 Å². The van der Waals surface area contributed by atoms with Gasteiger partial charge in [0, 0.05) is 0 Å². The van der Waals surface area contributed by atoms with Gasteiger partial charge in [-0.15, -0.1) is 0 Å². The molecule has 4 aliphatic carbocycles. The maximum absolute atomic E-state index is 13.0. The van der Waals surface area contributed by atoms with Gasteiger partial charge in [0.05, 0.1) is 61.4 Å². The van der Waals surface area contributed by atoms with Crippen molar-refractivity contribution in [3.8, 4) is 0 Å². The number of carboxylic acid groups (broad SMARTS) is 3.